The van der Waals surface area contributed by atoms with Crippen LogP contribution in [0.1, 0.15) is 36.0 Å². The van der Waals surface area contributed by atoms with Crippen molar-refractivity contribution in [1.82, 2.24) is 4.98 Å². The van der Waals surface area contributed by atoms with Gasteiger partial charge in [0.15, 0.2) is 0 Å². The first-order valence-corrected chi connectivity index (χ1v) is 8.63. The third-order valence-corrected chi connectivity index (χ3v) is 5.04. The highest BCUT2D eigenvalue weighted by atomic mass is 79.9. The number of halogens is 2. The van der Waals surface area contributed by atoms with Crippen LogP contribution in [0.5, 0.6) is 5.75 Å². The van der Waals surface area contributed by atoms with Crippen LogP contribution in [-0.4, -0.2) is 10.1 Å². The van der Waals surface area contributed by atoms with E-state index < -0.39 is 0 Å². The van der Waals surface area contributed by atoms with Crippen molar-refractivity contribution in [2.75, 3.05) is 0 Å². The summed E-state index contributed by atoms with van der Waals surface area (Å²) in [6, 6.07) is 3.70. The smallest absolute Gasteiger partial charge is 0.148 e. The van der Waals surface area contributed by atoms with Crippen molar-refractivity contribution in [2.24, 2.45) is 0 Å². The first kappa shape index (κ1) is 15.9. The molecule has 3 nitrogen and oxygen atoms in total. The van der Waals surface area contributed by atoms with E-state index in [0.717, 1.165) is 31.0 Å². The zero-order chi connectivity index (χ0) is 14.7. The number of hydrogen-bond acceptors (Lipinski definition) is 4. The van der Waals surface area contributed by atoms with Crippen LogP contribution < -0.4 is 4.74 Å². The van der Waals surface area contributed by atoms with Gasteiger partial charge in [0.1, 0.15) is 12.4 Å². The second-order valence-electron chi connectivity index (χ2n) is 4.67. The lowest BCUT2D eigenvalue weighted by Gasteiger charge is -2.10. The lowest BCUT2D eigenvalue weighted by Crippen LogP contribution is -1.99. The van der Waals surface area contributed by atoms with Crippen molar-refractivity contribution in [1.29, 1.82) is 0 Å². The monoisotopic (exact) mass is 419 g/mol. The van der Waals surface area contributed by atoms with Gasteiger partial charge >= 0.3 is 0 Å². The van der Waals surface area contributed by atoms with E-state index in [2.05, 4.69) is 50.7 Å². The number of ether oxygens (including phenoxy) is 1. The zero-order valence-electron chi connectivity index (χ0n) is 11.2. The minimum absolute atomic E-state index is 0.00130. The number of thiazole rings is 1. The molecule has 2 aromatic rings. The predicted molar refractivity (Wildman–Crippen MR) is 88.3 cm³/mol. The minimum atomic E-state index is 0.00130. The van der Waals surface area contributed by atoms with E-state index in [1.165, 1.54) is 0 Å². The fraction of sp³-hybridized carbons (Fsp3) is 0.357. The molecule has 0 amide bonds. The average Bonchev–Trinajstić information content (AvgIpc) is 2.86. The molecule has 0 saturated carbocycles. The fourth-order valence-electron chi connectivity index (χ4n) is 1.64. The molecule has 1 N–H and O–H groups in total. The Morgan fingerprint density at radius 3 is 2.45 bits per heavy atom. The lowest BCUT2D eigenvalue weighted by atomic mass is 10.2. The highest BCUT2D eigenvalue weighted by Crippen LogP contribution is 2.35. The Kier molecular flexibility index (Phi) is 5.60. The van der Waals surface area contributed by atoms with Gasteiger partial charge in [0.2, 0.25) is 0 Å². The topological polar surface area (TPSA) is 42.4 Å². The van der Waals surface area contributed by atoms with Gasteiger partial charge in [0.05, 0.1) is 26.3 Å². The Balaban J connectivity index is 2.10. The Labute approximate surface area is 139 Å². The van der Waals surface area contributed by atoms with E-state index in [9.17, 15) is 0 Å². The molecule has 0 bridgehead atoms. The number of rotatable bonds is 5. The molecule has 0 aliphatic heterocycles. The van der Waals surface area contributed by atoms with E-state index in [4.69, 9.17) is 9.84 Å². The number of aliphatic hydroxyl groups is 1. The van der Waals surface area contributed by atoms with Crippen molar-refractivity contribution < 1.29 is 9.84 Å². The van der Waals surface area contributed by atoms with Crippen LogP contribution in [0.2, 0.25) is 0 Å². The molecule has 0 radical (unpaired) electrons. The van der Waals surface area contributed by atoms with Gasteiger partial charge in [-0.05, 0) is 49.6 Å². The molecule has 6 heteroatoms. The number of nitrogens with zero attached hydrogens (tertiary/aromatic N) is 1. The van der Waals surface area contributed by atoms with Gasteiger partial charge < -0.3 is 9.84 Å². The predicted octanol–water partition coefficient (Wildman–Crippen LogP) is 4.86. The summed E-state index contributed by atoms with van der Waals surface area (Å²) >= 11 is 8.57. The van der Waals surface area contributed by atoms with Gasteiger partial charge in [0, 0.05) is 11.3 Å². The van der Waals surface area contributed by atoms with E-state index in [1.54, 1.807) is 11.3 Å². The summed E-state index contributed by atoms with van der Waals surface area (Å²) in [5.74, 6) is 1.16. The van der Waals surface area contributed by atoms with Crippen molar-refractivity contribution in [3.05, 3.63) is 42.7 Å². The molecule has 1 heterocycles. The molecule has 0 unspecified atom stereocenters. The number of hydrogen-bond donors (Lipinski definition) is 1. The second-order valence-corrected chi connectivity index (χ2v) is 7.27. The lowest BCUT2D eigenvalue weighted by molar-refractivity contribution is 0.279. The van der Waals surface area contributed by atoms with E-state index in [-0.39, 0.29) is 6.61 Å². The first-order chi connectivity index (χ1) is 9.51. The van der Waals surface area contributed by atoms with Crippen LogP contribution in [0.3, 0.4) is 0 Å². The second kappa shape index (κ2) is 7.02. The van der Waals surface area contributed by atoms with Crippen molar-refractivity contribution >= 4 is 43.2 Å². The third-order valence-electron chi connectivity index (χ3n) is 2.67. The van der Waals surface area contributed by atoms with Gasteiger partial charge in [-0.3, -0.25) is 0 Å². The van der Waals surface area contributed by atoms with Crippen LogP contribution in [0, 0.1) is 0 Å². The van der Waals surface area contributed by atoms with Gasteiger partial charge in [-0.1, -0.05) is 13.8 Å². The Bertz CT molecular complexity index is 576. The molecular weight excluding hydrogens is 406 g/mol. The Hall–Kier alpha value is -0.430. The molecule has 108 valence electrons. The van der Waals surface area contributed by atoms with Gasteiger partial charge in [0.25, 0.3) is 0 Å². The molecular formula is C14H15Br2NO2S. The summed E-state index contributed by atoms with van der Waals surface area (Å²) in [5.41, 5.74) is 1.76. The summed E-state index contributed by atoms with van der Waals surface area (Å²) in [6.07, 6.45) is 0. The highest BCUT2D eigenvalue weighted by molar-refractivity contribution is 9.11. The maximum atomic E-state index is 9.15. The summed E-state index contributed by atoms with van der Waals surface area (Å²) < 4.78 is 7.45. The summed E-state index contributed by atoms with van der Waals surface area (Å²) in [6.45, 7) is 4.69. The molecule has 0 saturated heterocycles. The van der Waals surface area contributed by atoms with Gasteiger partial charge in [-0.2, -0.15) is 0 Å². The van der Waals surface area contributed by atoms with Crippen LogP contribution in [0.25, 0.3) is 0 Å². The average molecular weight is 421 g/mol. The van der Waals surface area contributed by atoms with Crippen molar-refractivity contribution in [3.8, 4) is 5.75 Å². The summed E-state index contributed by atoms with van der Waals surface area (Å²) in [5, 5.41) is 12.3. The number of aliphatic hydroxyl groups excluding tert-OH is 1. The molecule has 1 aromatic carbocycles. The van der Waals surface area contributed by atoms with Gasteiger partial charge in [-0.25, -0.2) is 4.98 Å². The van der Waals surface area contributed by atoms with Gasteiger partial charge in [-0.15, -0.1) is 11.3 Å². The normalized spacial score (nSPS) is 11.1. The first-order valence-electron chi connectivity index (χ1n) is 6.17. The maximum absolute atomic E-state index is 9.15. The Morgan fingerprint density at radius 2 is 1.95 bits per heavy atom. The van der Waals surface area contributed by atoms with Crippen LogP contribution in [0.4, 0.5) is 0 Å². The van der Waals surface area contributed by atoms with E-state index in [0.29, 0.717) is 12.5 Å². The van der Waals surface area contributed by atoms with E-state index >= 15 is 0 Å². The number of aromatic nitrogens is 1. The van der Waals surface area contributed by atoms with Crippen LogP contribution in [0.15, 0.2) is 26.5 Å². The fourth-order valence-corrected chi connectivity index (χ4v) is 3.97. The maximum Gasteiger partial charge on any atom is 0.148 e. The Morgan fingerprint density at radius 1 is 1.30 bits per heavy atom. The van der Waals surface area contributed by atoms with E-state index in [1.807, 2.05) is 17.5 Å². The number of benzene rings is 1. The third kappa shape index (κ3) is 3.81. The van der Waals surface area contributed by atoms with Crippen molar-refractivity contribution in [2.45, 2.75) is 33.0 Å². The quantitative estimate of drug-likeness (QED) is 0.750. The molecule has 0 spiro atoms. The molecule has 0 aliphatic carbocycles. The molecule has 0 fully saturated rings. The minimum Gasteiger partial charge on any atom is -0.485 e. The summed E-state index contributed by atoms with van der Waals surface area (Å²) in [7, 11) is 0. The highest BCUT2D eigenvalue weighted by Gasteiger charge is 2.11. The molecule has 2 rings (SSSR count). The zero-order valence-corrected chi connectivity index (χ0v) is 15.2. The molecule has 0 atom stereocenters. The summed E-state index contributed by atoms with van der Waals surface area (Å²) in [4.78, 5) is 4.54. The molecule has 1 aromatic heterocycles. The van der Waals surface area contributed by atoms with Crippen LogP contribution >= 0.6 is 43.2 Å². The van der Waals surface area contributed by atoms with Crippen LogP contribution in [-0.2, 0) is 13.2 Å². The molecule has 20 heavy (non-hydrogen) atoms. The standard InChI is InChI=1S/C14H15Br2NO2S/c1-8(2)14-17-10(7-20-14)6-19-13-11(15)3-9(5-18)4-12(13)16/h3-4,7-8,18H,5-6H2,1-2H3. The van der Waals surface area contributed by atoms with Crippen molar-refractivity contribution in [3.63, 3.8) is 0 Å². The largest absolute Gasteiger partial charge is 0.485 e. The SMILES string of the molecule is CC(C)c1nc(COc2c(Br)cc(CO)cc2Br)cs1. The molecule has 0 aliphatic rings.